The van der Waals surface area contributed by atoms with Gasteiger partial charge in [0.1, 0.15) is 5.75 Å². The number of aryl methyl sites for hydroxylation is 4. The Hall–Kier alpha value is -4.26. The van der Waals surface area contributed by atoms with Crippen molar-refractivity contribution < 1.29 is 4.74 Å². The van der Waals surface area contributed by atoms with Gasteiger partial charge in [-0.2, -0.15) is 9.97 Å². The van der Waals surface area contributed by atoms with E-state index in [1.54, 1.807) is 18.7 Å². The Bertz CT molecular complexity index is 1420. The summed E-state index contributed by atoms with van der Waals surface area (Å²) in [4.78, 5) is 17.8. The zero-order valence-electron chi connectivity index (χ0n) is 19.0. The highest BCUT2D eigenvalue weighted by Crippen LogP contribution is 2.35. The molecular weight excluding hydrogens is 412 g/mol. The summed E-state index contributed by atoms with van der Waals surface area (Å²) in [5.74, 6) is 1.66. The summed E-state index contributed by atoms with van der Waals surface area (Å²) >= 11 is 0. The molecule has 2 aromatic carbocycles. The van der Waals surface area contributed by atoms with Gasteiger partial charge in [0, 0.05) is 25.1 Å². The molecular formula is C26H24N6O. The van der Waals surface area contributed by atoms with E-state index in [1.807, 2.05) is 61.9 Å². The summed E-state index contributed by atoms with van der Waals surface area (Å²) in [6.07, 6.45) is 5.31. The molecule has 0 fully saturated rings. The zero-order chi connectivity index (χ0) is 22.9. The Morgan fingerprint density at radius 3 is 2.24 bits per heavy atom. The SMILES string of the molecule is Cc1ccc(Nc2nc(Oc3c(C)cc(-c4ccncc4)cc3C)c3c(ncn3C)n2)cc1. The van der Waals surface area contributed by atoms with Gasteiger partial charge >= 0.3 is 0 Å². The molecule has 1 N–H and O–H groups in total. The maximum atomic E-state index is 6.42. The van der Waals surface area contributed by atoms with Crippen LogP contribution in [0.5, 0.6) is 11.6 Å². The highest BCUT2D eigenvalue weighted by Gasteiger charge is 2.17. The number of pyridine rings is 1. The minimum Gasteiger partial charge on any atom is -0.436 e. The monoisotopic (exact) mass is 436 g/mol. The molecule has 33 heavy (non-hydrogen) atoms. The first-order chi connectivity index (χ1) is 16.0. The average Bonchev–Trinajstić information content (AvgIpc) is 3.19. The molecule has 0 amide bonds. The largest absolute Gasteiger partial charge is 0.436 e. The number of anilines is 2. The molecule has 0 bridgehead atoms. The Morgan fingerprint density at radius 1 is 0.848 bits per heavy atom. The predicted molar refractivity (Wildman–Crippen MR) is 130 cm³/mol. The Balaban J connectivity index is 1.54. The molecule has 5 rings (SSSR count). The second-order valence-electron chi connectivity index (χ2n) is 8.15. The van der Waals surface area contributed by atoms with Crippen LogP contribution in [0.4, 0.5) is 11.6 Å². The normalized spacial score (nSPS) is 11.0. The number of imidazole rings is 1. The van der Waals surface area contributed by atoms with Crippen molar-refractivity contribution in [2.75, 3.05) is 5.32 Å². The van der Waals surface area contributed by atoms with Crippen molar-refractivity contribution in [3.05, 3.63) is 83.9 Å². The molecule has 7 heteroatoms. The fourth-order valence-electron chi connectivity index (χ4n) is 3.83. The third-order valence-electron chi connectivity index (χ3n) is 5.52. The number of ether oxygens (including phenoxy) is 1. The van der Waals surface area contributed by atoms with Gasteiger partial charge < -0.3 is 14.6 Å². The van der Waals surface area contributed by atoms with Crippen molar-refractivity contribution in [1.29, 1.82) is 0 Å². The Kier molecular flexibility index (Phi) is 5.22. The van der Waals surface area contributed by atoms with E-state index < -0.39 is 0 Å². The molecule has 0 saturated carbocycles. The first-order valence-corrected chi connectivity index (χ1v) is 10.7. The maximum absolute atomic E-state index is 6.42. The van der Waals surface area contributed by atoms with Crippen molar-refractivity contribution in [3.8, 4) is 22.8 Å². The molecule has 5 aromatic rings. The number of hydrogen-bond acceptors (Lipinski definition) is 6. The number of hydrogen-bond donors (Lipinski definition) is 1. The van der Waals surface area contributed by atoms with Crippen molar-refractivity contribution in [2.45, 2.75) is 20.8 Å². The first kappa shape index (κ1) is 20.6. The van der Waals surface area contributed by atoms with Crippen LogP contribution in [-0.4, -0.2) is 24.5 Å². The van der Waals surface area contributed by atoms with Gasteiger partial charge in [-0.3, -0.25) is 4.98 Å². The maximum Gasteiger partial charge on any atom is 0.250 e. The zero-order valence-corrected chi connectivity index (χ0v) is 19.0. The number of nitrogens with one attached hydrogen (secondary N) is 1. The van der Waals surface area contributed by atoms with Crippen LogP contribution in [0.15, 0.2) is 67.3 Å². The standard InChI is InChI=1S/C26H24N6O/c1-16-5-7-21(8-6-16)29-26-30-24-22(32(4)15-28-24)25(31-26)33-23-17(2)13-20(14-18(23)3)19-9-11-27-12-10-19/h5-15H,1-4H3,(H,29,30,31). The minimum atomic E-state index is 0.434. The van der Waals surface area contributed by atoms with E-state index in [0.29, 0.717) is 17.5 Å². The van der Waals surface area contributed by atoms with Crippen molar-refractivity contribution in [3.63, 3.8) is 0 Å². The lowest BCUT2D eigenvalue weighted by molar-refractivity contribution is 0.459. The van der Waals surface area contributed by atoms with Crippen molar-refractivity contribution in [1.82, 2.24) is 24.5 Å². The highest BCUT2D eigenvalue weighted by molar-refractivity contribution is 5.79. The summed E-state index contributed by atoms with van der Waals surface area (Å²) < 4.78 is 8.29. The van der Waals surface area contributed by atoms with Gasteiger partial charge in [-0.25, -0.2) is 4.98 Å². The van der Waals surface area contributed by atoms with Crippen LogP contribution >= 0.6 is 0 Å². The number of benzene rings is 2. The predicted octanol–water partition coefficient (Wildman–Crippen LogP) is 5.89. The van der Waals surface area contributed by atoms with Gasteiger partial charge in [0.2, 0.25) is 5.95 Å². The van der Waals surface area contributed by atoms with Crippen LogP contribution in [0, 0.1) is 20.8 Å². The lowest BCUT2D eigenvalue weighted by Gasteiger charge is -2.15. The molecule has 0 radical (unpaired) electrons. The Labute approximate surface area is 192 Å². The van der Waals surface area contributed by atoms with Crippen LogP contribution in [0.25, 0.3) is 22.3 Å². The fraction of sp³-hybridized carbons (Fsp3) is 0.154. The van der Waals surface area contributed by atoms with E-state index in [4.69, 9.17) is 9.72 Å². The molecule has 0 aliphatic rings. The van der Waals surface area contributed by atoms with Crippen LogP contribution in [0.1, 0.15) is 16.7 Å². The van der Waals surface area contributed by atoms with E-state index in [1.165, 1.54) is 5.56 Å². The molecule has 0 spiro atoms. The summed E-state index contributed by atoms with van der Waals surface area (Å²) in [7, 11) is 1.91. The van der Waals surface area contributed by atoms with Gasteiger partial charge in [0.25, 0.3) is 5.88 Å². The van der Waals surface area contributed by atoms with Crippen LogP contribution < -0.4 is 10.1 Å². The second-order valence-corrected chi connectivity index (χ2v) is 8.15. The van der Waals surface area contributed by atoms with Gasteiger partial charge in [-0.1, -0.05) is 17.7 Å². The lowest BCUT2D eigenvalue weighted by atomic mass is 10.0. The van der Waals surface area contributed by atoms with Gasteiger partial charge in [-0.15, -0.1) is 0 Å². The summed E-state index contributed by atoms with van der Waals surface area (Å²) in [6, 6.07) is 16.3. The van der Waals surface area contributed by atoms with Crippen LogP contribution in [0.2, 0.25) is 0 Å². The van der Waals surface area contributed by atoms with E-state index in [9.17, 15) is 0 Å². The van der Waals surface area contributed by atoms with E-state index in [0.717, 1.165) is 39.2 Å². The summed E-state index contributed by atoms with van der Waals surface area (Å²) in [5, 5.41) is 3.26. The molecule has 0 aliphatic heterocycles. The Morgan fingerprint density at radius 2 is 1.55 bits per heavy atom. The molecule has 0 unspecified atom stereocenters. The third-order valence-corrected chi connectivity index (χ3v) is 5.52. The lowest BCUT2D eigenvalue weighted by Crippen LogP contribution is -2.02. The van der Waals surface area contributed by atoms with E-state index in [-0.39, 0.29) is 0 Å². The summed E-state index contributed by atoms with van der Waals surface area (Å²) in [5.41, 5.74) is 7.66. The number of fused-ring (bicyclic) bond motifs is 1. The molecule has 7 nitrogen and oxygen atoms in total. The molecule has 3 aromatic heterocycles. The topological polar surface area (TPSA) is 77.8 Å². The number of aromatic nitrogens is 5. The third kappa shape index (κ3) is 4.13. The van der Waals surface area contributed by atoms with E-state index >= 15 is 0 Å². The van der Waals surface area contributed by atoms with Crippen LogP contribution in [-0.2, 0) is 7.05 Å². The molecule has 0 saturated heterocycles. The van der Waals surface area contributed by atoms with Crippen molar-refractivity contribution in [2.24, 2.45) is 7.05 Å². The van der Waals surface area contributed by atoms with Gasteiger partial charge in [0.15, 0.2) is 11.2 Å². The van der Waals surface area contributed by atoms with Crippen molar-refractivity contribution >= 4 is 22.8 Å². The van der Waals surface area contributed by atoms with Gasteiger partial charge in [-0.05, 0) is 79.4 Å². The average molecular weight is 437 g/mol. The van der Waals surface area contributed by atoms with Gasteiger partial charge in [0.05, 0.1) is 6.33 Å². The van der Waals surface area contributed by atoms with E-state index in [2.05, 4.69) is 39.3 Å². The smallest absolute Gasteiger partial charge is 0.250 e. The molecule has 164 valence electrons. The highest BCUT2D eigenvalue weighted by atomic mass is 16.5. The first-order valence-electron chi connectivity index (χ1n) is 10.7. The second kappa shape index (κ2) is 8.35. The fourth-order valence-corrected chi connectivity index (χ4v) is 3.83. The molecule has 0 atom stereocenters. The minimum absolute atomic E-state index is 0.434. The molecule has 3 heterocycles. The quantitative estimate of drug-likeness (QED) is 0.370. The summed E-state index contributed by atoms with van der Waals surface area (Å²) in [6.45, 7) is 6.14. The molecule has 0 aliphatic carbocycles. The number of rotatable bonds is 5. The van der Waals surface area contributed by atoms with Crippen LogP contribution in [0.3, 0.4) is 0 Å². The number of nitrogens with zero attached hydrogens (tertiary/aromatic N) is 5.